The summed E-state index contributed by atoms with van der Waals surface area (Å²) in [5, 5.41) is 4.68. The van der Waals surface area contributed by atoms with Crippen molar-refractivity contribution in [3.63, 3.8) is 0 Å². The molecule has 0 bridgehead atoms. The first-order valence-corrected chi connectivity index (χ1v) is 6.86. The third-order valence-electron chi connectivity index (χ3n) is 2.98. The lowest BCUT2D eigenvalue weighted by atomic mass is 10.2. The number of carbonyl (C=O) groups is 2. The standard InChI is InChI=1S/C17H17N3O3/c1-23-15-4-2-3-12(11-15)9-10-19-17(22)20-16(21)13-5-7-14(18)8-6-13/h2-11H,18H2,1H3,(H2,19,20,21,22)/b10-9+. The summed E-state index contributed by atoms with van der Waals surface area (Å²) in [6, 6.07) is 13.0. The van der Waals surface area contributed by atoms with Crippen LogP contribution in [-0.2, 0) is 0 Å². The van der Waals surface area contributed by atoms with Gasteiger partial charge < -0.3 is 15.8 Å². The maximum absolute atomic E-state index is 11.8. The quantitative estimate of drug-likeness (QED) is 0.756. The molecule has 6 nitrogen and oxygen atoms in total. The normalized spacial score (nSPS) is 10.3. The van der Waals surface area contributed by atoms with E-state index in [0.717, 1.165) is 11.3 Å². The number of urea groups is 1. The van der Waals surface area contributed by atoms with Gasteiger partial charge in [0.1, 0.15) is 5.75 Å². The number of carbonyl (C=O) groups excluding carboxylic acids is 2. The van der Waals surface area contributed by atoms with Crippen LogP contribution in [0.1, 0.15) is 15.9 Å². The number of anilines is 1. The second-order valence-electron chi connectivity index (χ2n) is 4.66. The van der Waals surface area contributed by atoms with Gasteiger partial charge in [0.15, 0.2) is 0 Å². The summed E-state index contributed by atoms with van der Waals surface area (Å²) >= 11 is 0. The van der Waals surface area contributed by atoms with Gasteiger partial charge in [0.05, 0.1) is 7.11 Å². The fraction of sp³-hybridized carbons (Fsp3) is 0.0588. The first-order chi connectivity index (χ1) is 11.1. The van der Waals surface area contributed by atoms with Crippen molar-refractivity contribution in [2.24, 2.45) is 0 Å². The summed E-state index contributed by atoms with van der Waals surface area (Å²) in [7, 11) is 1.58. The van der Waals surface area contributed by atoms with E-state index in [-0.39, 0.29) is 0 Å². The monoisotopic (exact) mass is 311 g/mol. The van der Waals surface area contributed by atoms with E-state index < -0.39 is 11.9 Å². The van der Waals surface area contributed by atoms with Crippen LogP contribution in [0.15, 0.2) is 54.7 Å². The summed E-state index contributed by atoms with van der Waals surface area (Å²) in [5.74, 6) is 0.215. The predicted molar refractivity (Wildman–Crippen MR) is 88.9 cm³/mol. The fourth-order valence-corrected chi connectivity index (χ4v) is 1.80. The van der Waals surface area contributed by atoms with Crippen LogP contribution in [0.5, 0.6) is 5.75 Å². The summed E-state index contributed by atoms with van der Waals surface area (Å²) in [6.45, 7) is 0. The van der Waals surface area contributed by atoms with Gasteiger partial charge in [0.2, 0.25) is 0 Å². The Hall–Kier alpha value is -3.28. The number of nitrogens with two attached hydrogens (primary N) is 1. The molecular formula is C17H17N3O3. The smallest absolute Gasteiger partial charge is 0.325 e. The van der Waals surface area contributed by atoms with Gasteiger partial charge >= 0.3 is 6.03 Å². The molecule has 6 heteroatoms. The molecule has 0 aliphatic carbocycles. The molecule has 0 radical (unpaired) electrons. The van der Waals surface area contributed by atoms with Gasteiger partial charge in [-0.1, -0.05) is 12.1 Å². The van der Waals surface area contributed by atoms with Crippen LogP contribution in [0.2, 0.25) is 0 Å². The highest BCUT2D eigenvalue weighted by molar-refractivity contribution is 6.04. The van der Waals surface area contributed by atoms with E-state index in [1.807, 2.05) is 24.3 Å². The van der Waals surface area contributed by atoms with E-state index in [9.17, 15) is 9.59 Å². The summed E-state index contributed by atoms with van der Waals surface area (Å²) in [4.78, 5) is 23.5. The molecule has 2 rings (SSSR count). The Bertz CT molecular complexity index is 724. The van der Waals surface area contributed by atoms with Crippen molar-refractivity contribution in [3.05, 3.63) is 65.9 Å². The molecule has 2 aromatic rings. The number of hydrogen-bond donors (Lipinski definition) is 3. The molecule has 0 unspecified atom stereocenters. The lowest BCUT2D eigenvalue weighted by Gasteiger charge is -2.04. The Morgan fingerprint density at radius 1 is 1.13 bits per heavy atom. The summed E-state index contributed by atoms with van der Waals surface area (Å²) < 4.78 is 5.11. The van der Waals surface area contributed by atoms with Crippen molar-refractivity contribution in [1.29, 1.82) is 0 Å². The SMILES string of the molecule is COc1cccc(/C=C/NC(=O)NC(=O)c2ccc(N)cc2)c1. The van der Waals surface area contributed by atoms with Gasteiger partial charge in [-0.15, -0.1) is 0 Å². The second kappa shape index (κ2) is 7.65. The molecular weight excluding hydrogens is 294 g/mol. The Labute approximate surface area is 133 Å². The third-order valence-corrected chi connectivity index (χ3v) is 2.98. The molecule has 0 atom stereocenters. The highest BCUT2D eigenvalue weighted by Crippen LogP contribution is 2.13. The number of ether oxygens (including phenoxy) is 1. The summed E-state index contributed by atoms with van der Waals surface area (Å²) in [6.07, 6.45) is 3.14. The molecule has 0 aromatic heterocycles. The van der Waals surface area contributed by atoms with Gasteiger partial charge in [0, 0.05) is 17.5 Å². The van der Waals surface area contributed by atoms with Crippen LogP contribution >= 0.6 is 0 Å². The zero-order valence-corrected chi connectivity index (χ0v) is 12.6. The van der Waals surface area contributed by atoms with Crippen molar-refractivity contribution in [2.45, 2.75) is 0 Å². The van der Waals surface area contributed by atoms with Crippen LogP contribution in [0, 0.1) is 0 Å². The van der Waals surface area contributed by atoms with E-state index in [2.05, 4.69) is 10.6 Å². The number of nitrogens with one attached hydrogen (secondary N) is 2. The maximum atomic E-state index is 11.8. The van der Waals surface area contributed by atoms with Gasteiger partial charge in [0.25, 0.3) is 5.91 Å². The molecule has 0 saturated carbocycles. The molecule has 4 N–H and O–H groups in total. The molecule has 0 aliphatic heterocycles. The zero-order chi connectivity index (χ0) is 16.7. The van der Waals surface area contributed by atoms with Crippen molar-refractivity contribution in [1.82, 2.24) is 10.6 Å². The lowest BCUT2D eigenvalue weighted by Crippen LogP contribution is -2.36. The highest BCUT2D eigenvalue weighted by atomic mass is 16.5. The summed E-state index contributed by atoms with van der Waals surface area (Å²) in [5.41, 5.74) is 7.30. The topological polar surface area (TPSA) is 93.5 Å². The molecule has 0 spiro atoms. The average Bonchev–Trinajstić information content (AvgIpc) is 2.55. The zero-order valence-electron chi connectivity index (χ0n) is 12.6. The number of amides is 3. The van der Waals surface area contributed by atoms with Gasteiger partial charge in [-0.25, -0.2) is 4.79 Å². The predicted octanol–water partition coefficient (Wildman–Crippen LogP) is 2.39. The van der Waals surface area contributed by atoms with Crippen LogP contribution in [0.4, 0.5) is 10.5 Å². The third kappa shape index (κ3) is 4.89. The Morgan fingerprint density at radius 2 is 1.87 bits per heavy atom. The van der Waals surface area contributed by atoms with Gasteiger partial charge in [-0.3, -0.25) is 10.1 Å². The van der Waals surface area contributed by atoms with E-state index in [0.29, 0.717) is 11.3 Å². The maximum Gasteiger partial charge on any atom is 0.325 e. The fourth-order valence-electron chi connectivity index (χ4n) is 1.80. The molecule has 2 aromatic carbocycles. The molecule has 23 heavy (non-hydrogen) atoms. The first-order valence-electron chi connectivity index (χ1n) is 6.86. The van der Waals surface area contributed by atoms with Crippen LogP contribution in [-0.4, -0.2) is 19.0 Å². The highest BCUT2D eigenvalue weighted by Gasteiger charge is 2.08. The molecule has 0 saturated heterocycles. The van der Waals surface area contributed by atoms with E-state index in [1.165, 1.54) is 6.20 Å². The number of nitrogen functional groups attached to an aromatic ring is 1. The van der Waals surface area contributed by atoms with Gasteiger partial charge in [-0.05, 0) is 48.0 Å². The molecule has 0 aliphatic rings. The minimum atomic E-state index is -0.619. The number of rotatable bonds is 4. The van der Waals surface area contributed by atoms with Crippen LogP contribution in [0.3, 0.4) is 0 Å². The number of hydrogen-bond acceptors (Lipinski definition) is 4. The van der Waals surface area contributed by atoms with Crippen molar-refractivity contribution in [2.75, 3.05) is 12.8 Å². The number of methoxy groups -OCH3 is 1. The number of benzene rings is 2. The minimum Gasteiger partial charge on any atom is -0.497 e. The Morgan fingerprint density at radius 3 is 2.57 bits per heavy atom. The second-order valence-corrected chi connectivity index (χ2v) is 4.66. The molecule has 3 amide bonds. The van der Waals surface area contributed by atoms with Crippen LogP contribution < -0.4 is 21.1 Å². The molecule has 0 fully saturated rings. The largest absolute Gasteiger partial charge is 0.497 e. The Kier molecular flexibility index (Phi) is 5.35. The van der Waals surface area contributed by atoms with Crippen molar-refractivity contribution < 1.29 is 14.3 Å². The first kappa shape index (κ1) is 16.1. The number of imide groups is 1. The molecule has 0 heterocycles. The van der Waals surface area contributed by atoms with E-state index >= 15 is 0 Å². The van der Waals surface area contributed by atoms with Crippen molar-refractivity contribution in [3.8, 4) is 5.75 Å². The minimum absolute atomic E-state index is 0.353. The Balaban J connectivity index is 1.88. The molecule has 118 valence electrons. The average molecular weight is 311 g/mol. The van der Waals surface area contributed by atoms with Gasteiger partial charge in [-0.2, -0.15) is 0 Å². The van der Waals surface area contributed by atoms with Crippen molar-refractivity contribution >= 4 is 23.7 Å². The van der Waals surface area contributed by atoms with Crippen LogP contribution in [0.25, 0.3) is 6.08 Å². The lowest BCUT2D eigenvalue weighted by molar-refractivity contribution is 0.0965. The van der Waals surface area contributed by atoms with E-state index in [4.69, 9.17) is 10.5 Å². The van der Waals surface area contributed by atoms with E-state index in [1.54, 1.807) is 37.5 Å².